The molecule has 1 aliphatic heterocycles. The molecule has 0 radical (unpaired) electrons. The monoisotopic (exact) mass is 216 g/mol. The molecular formula is C9H13ClN2O2. The van der Waals surface area contributed by atoms with Gasteiger partial charge in [-0.15, -0.1) is 21.8 Å². The van der Waals surface area contributed by atoms with Crippen molar-refractivity contribution in [1.82, 2.24) is 10.2 Å². The first-order valence-corrected chi connectivity index (χ1v) is 5.23. The molecule has 0 saturated carbocycles. The second-order valence-electron chi connectivity index (χ2n) is 3.61. The van der Waals surface area contributed by atoms with Crippen molar-refractivity contribution >= 4 is 11.6 Å². The molecule has 1 aromatic heterocycles. The van der Waals surface area contributed by atoms with E-state index in [-0.39, 0.29) is 17.6 Å². The Kier molecular flexibility index (Phi) is 2.74. The van der Waals surface area contributed by atoms with Crippen LogP contribution in [0, 0.1) is 0 Å². The third-order valence-electron chi connectivity index (χ3n) is 2.30. The van der Waals surface area contributed by atoms with Crippen LogP contribution in [0.5, 0.6) is 0 Å². The number of aromatic nitrogens is 2. The van der Waals surface area contributed by atoms with Gasteiger partial charge < -0.3 is 9.15 Å². The van der Waals surface area contributed by atoms with E-state index in [9.17, 15) is 0 Å². The van der Waals surface area contributed by atoms with Gasteiger partial charge in [0.15, 0.2) is 0 Å². The molecule has 3 unspecified atom stereocenters. The van der Waals surface area contributed by atoms with E-state index in [2.05, 4.69) is 10.2 Å². The smallest absolute Gasteiger partial charge is 0.245 e. The van der Waals surface area contributed by atoms with Crippen LogP contribution in [0.2, 0.25) is 0 Å². The standard InChI is InChI=1S/C9H13ClN2O2/c1-5-3-4-7(13-5)9-12-11-8(14-9)6(2)10/h5-7H,3-4H2,1-2H3. The summed E-state index contributed by atoms with van der Waals surface area (Å²) in [5.41, 5.74) is 0. The quantitative estimate of drug-likeness (QED) is 0.713. The largest absolute Gasteiger partial charge is 0.421 e. The van der Waals surface area contributed by atoms with Crippen LogP contribution in [-0.4, -0.2) is 16.3 Å². The summed E-state index contributed by atoms with van der Waals surface area (Å²) in [5.74, 6) is 1.02. The number of alkyl halides is 1. The maximum absolute atomic E-state index is 5.81. The average Bonchev–Trinajstić information content (AvgIpc) is 2.70. The molecule has 3 atom stereocenters. The minimum absolute atomic E-state index is 0.0401. The van der Waals surface area contributed by atoms with Gasteiger partial charge in [0.1, 0.15) is 11.5 Å². The van der Waals surface area contributed by atoms with E-state index < -0.39 is 0 Å². The number of hydrogen-bond acceptors (Lipinski definition) is 4. The number of hydrogen-bond donors (Lipinski definition) is 0. The fourth-order valence-electron chi connectivity index (χ4n) is 1.52. The first-order valence-electron chi connectivity index (χ1n) is 4.79. The highest BCUT2D eigenvalue weighted by atomic mass is 35.5. The highest BCUT2D eigenvalue weighted by Gasteiger charge is 2.28. The molecule has 2 rings (SSSR count). The molecule has 0 amide bonds. The van der Waals surface area contributed by atoms with Crippen molar-refractivity contribution in [1.29, 1.82) is 0 Å². The Morgan fingerprint density at radius 3 is 2.71 bits per heavy atom. The van der Waals surface area contributed by atoms with Crippen LogP contribution in [-0.2, 0) is 4.74 Å². The Hall–Kier alpha value is -0.610. The van der Waals surface area contributed by atoms with Crippen molar-refractivity contribution in [3.05, 3.63) is 11.8 Å². The molecule has 0 spiro atoms. The molecule has 1 saturated heterocycles. The van der Waals surface area contributed by atoms with Gasteiger partial charge in [0.2, 0.25) is 11.8 Å². The van der Waals surface area contributed by atoms with Gasteiger partial charge >= 0.3 is 0 Å². The van der Waals surface area contributed by atoms with Crippen molar-refractivity contribution in [2.75, 3.05) is 0 Å². The summed E-state index contributed by atoms with van der Waals surface area (Å²) in [4.78, 5) is 0. The van der Waals surface area contributed by atoms with E-state index in [1.54, 1.807) is 6.92 Å². The highest BCUT2D eigenvalue weighted by Crippen LogP contribution is 2.32. The van der Waals surface area contributed by atoms with Crippen LogP contribution in [0.1, 0.15) is 50.0 Å². The predicted octanol–water partition coefficient (Wildman–Crippen LogP) is 2.61. The van der Waals surface area contributed by atoms with Crippen LogP contribution >= 0.6 is 11.6 Å². The summed E-state index contributed by atoms with van der Waals surface area (Å²) in [6, 6.07) is 0. The fraction of sp³-hybridized carbons (Fsp3) is 0.778. The minimum atomic E-state index is -0.241. The van der Waals surface area contributed by atoms with Gasteiger partial charge in [-0.1, -0.05) is 0 Å². The molecular weight excluding hydrogens is 204 g/mol. The van der Waals surface area contributed by atoms with Gasteiger partial charge in [0.25, 0.3) is 0 Å². The molecule has 0 bridgehead atoms. The van der Waals surface area contributed by atoms with Crippen molar-refractivity contribution in [2.45, 2.75) is 44.3 Å². The van der Waals surface area contributed by atoms with E-state index >= 15 is 0 Å². The maximum atomic E-state index is 5.81. The number of ether oxygens (including phenoxy) is 1. The van der Waals surface area contributed by atoms with Gasteiger partial charge in [-0.2, -0.15) is 0 Å². The second-order valence-corrected chi connectivity index (χ2v) is 4.26. The van der Waals surface area contributed by atoms with Gasteiger partial charge in [-0.25, -0.2) is 0 Å². The third-order valence-corrected chi connectivity index (χ3v) is 2.49. The van der Waals surface area contributed by atoms with Crippen molar-refractivity contribution < 1.29 is 9.15 Å². The predicted molar refractivity (Wildman–Crippen MR) is 51.1 cm³/mol. The first-order chi connectivity index (χ1) is 6.66. The maximum Gasteiger partial charge on any atom is 0.245 e. The van der Waals surface area contributed by atoms with Crippen LogP contribution in [0.15, 0.2) is 4.42 Å². The van der Waals surface area contributed by atoms with E-state index in [1.807, 2.05) is 6.92 Å². The minimum Gasteiger partial charge on any atom is -0.421 e. The summed E-state index contributed by atoms with van der Waals surface area (Å²) in [5, 5.41) is 7.54. The molecule has 0 aliphatic carbocycles. The Bertz CT molecular complexity index is 314. The Morgan fingerprint density at radius 2 is 2.21 bits per heavy atom. The van der Waals surface area contributed by atoms with Crippen LogP contribution in [0.3, 0.4) is 0 Å². The van der Waals surface area contributed by atoms with Crippen molar-refractivity contribution in [3.8, 4) is 0 Å². The molecule has 2 heterocycles. The topological polar surface area (TPSA) is 48.2 Å². The van der Waals surface area contributed by atoms with Gasteiger partial charge in [-0.3, -0.25) is 0 Å². The summed E-state index contributed by atoms with van der Waals surface area (Å²) >= 11 is 5.81. The molecule has 1 fully saturated rings. The van der Waals surface area contributed by atoms with Gasteiger partial charge in [-0.05, 0) is 26.7 Å². The van der Waals surface area contributed by atoms with Crippen LogP contribution in [0.4, 0.5) is 0 Å². The summed E-state index contributed by atoms with van der Waals surface area (Å²) < 4.78 is 11.0. The van der Waals surface area contributed by atoms with Gasteiger partial charge in [0, 0.05) is 0 Å². The zero-order chi connectivity index (χ0) is 10.1. The highest BCUT2D eigenvalue weighted by molar-refractivity contribution is 6.20. The van der Waals surface area contributed by atoms with E-state index in [0.717, 1.165) is 12.8 Å². The lowest BCUT2D eigenvalue weighted by Crippen LogP contribution is -2.01. The first kappa shape index (κ1) is 9.93. The average molecular weight is 217 g/mol. The molecule has 0 aromatic carbocycles. The lowest BCUT2D eigenvalue weighted by Gasteiger charge is -2.05. The fourth-order valence-corrected chi connectivity index (χ4v) is 1.61. The number of rotatable bonds is 2. The van der Waals surface area contributed by atoms with E-state index in [4.69, 9.17) is 20.8 Å². The molecule has 14 heavy (non-hydrogen) atoms. The van der Waals surface area contributed by atoms with Crippen molar-refractivity contribution in [2.24, 2.45) is 0 Å². The van der Waals surface area contributed by atoms with Crippen LogP contribution in [0.25, 0.3) is 0 Å². The Labute approximate surface area is 87.6 Å². The molecule has 5 heteroatoms. The second kappa shape index (κ2) is 3.87. The summed E-state index contributed by atoms with van der Waals surface area (Å²) in [7, 11) is 0. The molecule has 0 N–H and O–H groups in total. The van der Waals surface area contributed by atoms with Gasteiger partial charge in [0.05, 0.1) is 6.10 Å². The van der Waals surface area contributed by atoms with Crippen molar-refractivity contribution in [3.63, 3.8) is 0 Å². The zero-order valence-corrected chi connectivity index (χ0v) is 8.99. The Balaban J connectivity index is 2.09. The number of halogens is 1. The molecule has 1 aromatic rings. The van der Waals surface area contributed by atoms with Crippen LogP contribution < -0.4 is 0 Å². The summed E-state index contributed by atoms with van der Waals surface area (Å²) in [6.45, 7) is 3.85. The third kappa shape index (κ3) is 1.91. The molecule has 1 aliphatic rings. The molecule has 78 valence electrons. The summed E-state index contributed by atoms with van der Waals surface area (Å²) in [6.07, 6.45) is 2.23. The zero-order valence-electron chi connectivity index (χ0n) is 8.24. The number of nitrogens with zero attached hydrogens (tertiary/aromatic N) is 2. The lowest BCUT2D eigenvalue weighted by atomic mass is 10.2. The van der Waals surface area contributed by atoms with E-state index in [1.165, 1.54) is 0 Å². The lowest BCUT2D eigenvalue weighted by molar-refractivity contribution is 0.0384. The SMILES string of the molecule is CC1CCC(c2nnc(C(C)Cl)o2)O1. The van der Waals surface area contributed by atoms with E-state index in [0.29, 0.717) is 11.8 Å². The molecule has 4 nitrogen and oxygen atoms in total. The Morgan fingerprint density at radius 1 is 1.43 bits per heavy atom. The normalized spacial score (nSPS) is 29.4.